The minimum Gasteiger partial charge on any atom is -0.726 e. The second-order valence-electron chi connectivity index (χ2n) is 1.04. The van der Waals surface area contributed by atoms with Crippen molar-refractivity contribution in [1.82, 2.24) is 0 Å². The number of carbonyl (C=O) groups is 2. The van der Waals surface area contributed by atoms with Gasteiger partial charge in [-0.1, -0.05) is 0 Å². The maximum Gasteiger partial charge on any atom is 1.00 e. The summed E-state index contributed by atoms with van der Waals surface area (Å²) in [5.41, 5.74) is 0. The van der Waals surface area contributed by atoms with Gasteiger partial charge in [0.1, 0.15) is 0 Å². The van der Waals surface area contributed by atoms with E-state index >= 15 is 0 Å². The van der Waals surface area contributed by atoms with E-state index in [1.165, 1.54) is 0 Å². The van der Waals surface area contributed by atoms with Crippen molar-refractivity contribution in [3.05, 3.63) is 0 Å². The number of hydrogen-bond donors (Lipinski definition) is 3. The molecule has 0 heterocycles. The van der Waals surface area contributed by atoms with Crippen molar-refractivity contribution >= 4 is 22.3 Å². The summed E-state index contributed by atoms with van der Waals surface area (Å²) in [5, 5.41) is 14.8. The van der Waals surface area contributed by atoms with Crippen LogP contribution in [-0.2, 0) is 20.0 Å². The molecule has 0 aliphatic heterocycles. The molecular formula is C2H3KO8S. The van der Waals surface area contributed by atoms with Crippen LogP contribution in [0.1, 0.15) is 0 Å². The van der Waals surface area contributed by atoms with E-state index in [9.17, 15) is 0 Å². The summed E-state index contributed by atoms with van der Waals surface area (Å²) in [6.45, 7) is 0. The summed E-state index contributed by atoms with van der Waals surface area (Å²) in [6.07, 6.45) is 0. The Morgan fingerprint density at radius 1 is 1.08 bits per heavy atom. The Hall–Kier alpha value is 0.446. The van der Waals surface area contributed by atoms with Crippen molar-refractivity contribution in [2.45, 2.75) is 0 Å². The number of hydrogen-bond acceptors (Lipinski definition) is 5. The van der Waals surface area contributed by atoms with E-state index in [1.54, 1.807) is 0 Å². The topological polar surface area (TPSA) is 152 Å². The molecular weight excluding hydrogens is 223 g/mol. The molecule has 0 saturated carbocycles. The average Bonchev–Trinajstić information content (AvgIpc) is 1.59. The predicted molar refractivity (Wildman–Crippen MR) is 27.6 cm³/mol. The summed E-state index contributed by atoms with van der Waals surface area (Å²) in [7, 11) is -4.92. The number of aliphatic carboxylic acids is 2. The molecule has 0 saturated heterocycles. The van der Waals surface area contributed by atoms with Crippen molar-refractivity contribution in [3.63, 3.8) is 0 Å². The van der Waals surface area contributed by atoms with E-state index in [0.717, 1.165) is 0 Å². The Morgan fingerprint density at radius 3 is 1.17 bits per heavy atom. The summed E-state index contributed by atoms with van der Waals surface area (Å²) >= 11 is 0. The first-order valence-corrected chi connectivity index (χ1v) is 3.15. The third-order valence-electron chi connectivity index (χ3n) is 0.183. The van der Waals surface area contributed by atoms with Crippen molar-refractivity contribution in [1.29, 1.82) is 0 Å². The van der Waals surface area contributed by atoms with Gasteiger partial charge in [-0.25, -0.2) is 18.0 Å². The Labute approximate surface area is 110 Å². The number of carboxylic acid groups (broad SMARTS) is 2. The second-order valence-corrected chi connectivity index (χ2v) is 1.89. The van der Waals surface area contributed by atoms with Crippen molar-refractivity contribution < 1.29 is 88.7 Å². The molecule has 0 amide bonds. The maximum absolute atomic E-state index is 9.10. The van der Waals surface area contributed by atoms with Crippen LogP contribution >= 0.6 is 0 Å². The molecule has 0 radical (unpaired) electrons. The zero-order valence-electron chi connectivity index (χ0n) is 5.79. The summed E-state index contributed by atoms with van der Waals surface area (Å²) in [4.78, 5) is 18.2. The second kappa shape index (κ2) is 8.06. The van der Waals surface area contributed by atoms with E-state index in [-0.39, 0.29) is 51.4 Å². The number of rotatable bonds is 0. The third kappa shape index (κ3) is 47.2. The van der Waals surface area contributed by atoms with Crippen molar-refractivity contribution in [2.24, 2.45) is 0 Å². The first-order valence-electron chi connectivity index (χ1n) is 1.79. The Balaban J connectivity index is -0.000000126. The molecule has 0 aromatic heterocycles. The molecule has 0 fully saturated rings. The van der Waals surface area contributed by atoms with Crippen LogP contribution in [0.25, 0.3) is 0 Å². The molecule has 0 atom stereocenters. The molecule has 0 aliphatic rings. The smallest absolute Gasteiger partial charge is 0.726 e. The molecule has 0 bridgehead atoms. The Kier molecular flexibility index (Phi) is 12.3. The van der Waals surface area contributed by atoms with Gasteiger partial charge in [0.25, 0.3) is 0 Å². The first-order chi connectivity index (χ1) is 4.64. The fourth-order valence-electron chi connectivity index (χ4n) is 0. The predicted octanol–water partition coefficient (Wildman–Crippen LogP) is -4.84. The fraction of sp³-hybridized carbons (Fsp3) is 0. The Morgan fingerprint density at radius 2 is 1.17 bits per heavy atom. The van der Waals surface area contributed by atoms with Gasteiger partial charge >= 0.3 is 63.3 Å². The van der Waals surface area contributed by atoms with Gasteiger partial charge in [-0.2, -0.15) is 0 Å². The standard InChI is InChI=1S/C2H2O4.K.H2O4S/c3-1(4)2(5)6;;1-5(2,3)4/h(H,3,4)(H,5,6);;(H2,1,2,3,4)/q;+1;/p-1. The number of carboxylic acids is 2. The van der Waals surface area contributed by atoms with E-state index in [1.807, 2.05) is 0 Å². The summed E-state index contributed by atoms with van der Waals surface area (Å²) in [6, 6.07) is 0. The quantitative estimate of drug-likeness (QED) is 0.161. The fourth-order valence-corrected chi connectivity index (χ4v) is 0. The van der Waals surface area contributed by atoms with E-state index in [2.05, 4.69) is 0 Å². The SMILES string of the molecule is O=C(O)C(=O)O.O=S(=O)([O-])O.[K+]. The van der Waals surface area contributed by atoms with Gasteiger partial charge in [-0.3, -0.25) is 4.55 Å². The van der Waals surface area contributed by atoms with Crippen LogP contribution in [0.15, 0.2) is 0 Å². The third-order valence-corrected chi connectivity index (χ3v) is 0.183. The van der Waals surface area contributed by atoms with Crippen LogP contribution in [0.5, 0.6) is 0 Å². The molecule has 12 heavy (non-hydrogen) atoms. The van der Waals surface area contributed by atoms with E-state index < -0.39 is 22.3 Å². The molecule has 0 aliphatic carbocycles. The molecule has 0 spiro atoms. The van der Waals surface area contributed by atoms with Crippen LogP contribution in [0.3, 0.4) is 0 Å². The molecule has 66 valence electrons. The van der Waals surface area contributed by atoms with Gasteiger partial charge < -0.3 is 14.8 Å². The van der Waals surface area contributed by atoms with Gasteiger partial charge in [0.2, 0.25) is 10.4 Å². The van der Waals surface area contributed by atoms with Crippen molar-refractivity contribution in [2.75, 3.05) is 0 Å². The maximum atomic E-state index is 9.10. The minimum atomic E-state index is -4.92. The molecule has 8 nitrogen and oxygen atoms in total. The van der Waals surface area contributed by atoms with Gasteiger partial charge in [0, 0.05) is 0 Å². The van der Waals surface area contributed by atoms with E-state index in [4.69, 9.17) is 37.3 Å². The average molecular weight is 226 g/mol. The van der Waals surface area contributed by atoms with Gasteiger partial charge in [-0.15, -0.1) is 0 Å². The first kappa shape index (κ1) is 18.3. The normalized spacial score (nSPS) is 8.50. The minimum absolute atomic E-state index is 0. The van der Waals surface area contributed by atoms with Crippen LogP contribution < -0.4 is 51.4 Å². The zero-order valence-corrected chi connectivity index (χ0v) is 9.73. The van der Waals surface area contributed by atoms with E-state index in [0.29, 0.717) is 0 Å². The zero-order chi connectivity index (χ0) is 9.65. The van der Waals surface area contributed by atoms with Crippen LogP contribution in [0.2, 0.25) is 0 Å². The molecule has 0 aromatic carbocycles. The van der Waals surface area contributed by atoms with Crippen LogP contribution in [0, 0.1) is 0 Å². The monoisotopic (exact) mass is 226 g/mol. The van der Waals surface area contributed by atoms with Crippen LogP contribution in [0.4, 0.5) is 0 Å². The summed E-state index contributed by atoms with van der Waals surface area (Å²) < 4.78 is 32.8. The largest absolute Gasteiger partial charge is 1.00 e. The summed E-state index contributed by atoms with van der Waals surface area (Å²) in [5.74, 6) is -3.65. The Bertz CT molecular complexity index is 220. The molecule has 3 N–H and O–H groups in total. The van der Waals surface area contributed by atoms with Gasteiger partial charge in [0.05, 0.1) is 0 Å². The molecule has 0 rings (SSSR count). The molecule has 0 unspecified atom stereocenters. The van der Waals surface area contributed by atoms with Crippen molar-refractivity contribution in [3.8, 4) is 0 Å². The van der Waals surface area contributed by atoms with Crippen LogP contribution in [-0.4, -0.2) is 39.7 Å². The van der Waals surface area contributed by atoms with Gasteiger partial charge in [-0.05, 0) is 0 Å². The molecule has 10 heteroatoms. The molecule has 0 aromatic rings. The van der Waals surface area contributed by atoms with Gasteiger partial charge in [0.15, 0.2) is 0 Å².